The topological polar surface area (TPSA) is 75.4 Å². The van der Waals surface area contributed by atoms with Gasteiger partial charge < -0.3 is 14.8 Å². The van der Waals surface area contributed by atoms with Gasteiger partial charge in [0.15, 0.2) is 0 Å². The zero-order chi connectivity index (χ0) is 9.26. The van der Waals surface area contributed by atoms with Gasteiger partial charge in [-0.1, -0.05) is 0 Å². The Labute approximate surface area is 74.8 Å². The quantitative estimate of drug-likeness (QED) is 0.714. The Hall–Kier alpha value is -1.36. The molecule has 0 saturated heterocycles. The van der Waals surface area contributed by atoms with Gasteiger partial charge in [0.05, 0.1) is 12.7 Å². The summed E-state index contributed by atoms with van der Waals surface area (Å²) in [7, 11) is 0. The van der Waals surface area contributed by atoms with E-state index in [2.05, 4.69) is 10.3 Å². The second-order valence-corrected chi connectivity index (χ2v) is 3.09. The van der Waals surface area contributed by atoms with E-state index in [4.69, 9.17) is 9.52 Å². The van der Waals surface area contributed by atoms with Crippen molar-refractivity contribution in [1.29, 1.82) is 0 Å². The van der Waals surface area contributed by atoms with Crippen molar-refractivity contribution in [3.05, 3.63) is 17.8 Å². The maximum atomic E-state index is 10.4. The molecule has 13 heavy (non-hydrogen) atoms. The Morgan fingerprint density at radius 2 is 2.54 bits per heavy atom. The van der Waals surface area contributed by atoms with Crippen LogP contribution in [0, 0.1) is 0 Å². The molecule has 0 radical (unpaired) electrons. The molecule has 1 saturated carbocycles. The van der Waals surface area contributed by atoms with Crippen LogP contribution in [0.5, 0.6) is 0 Å². The van der Waals surface area contributed by atoms with E-state index in [1.807, 2.05) is 0 Å². The number of nitrogens with zero attached hydrogens (tertiary/aromatic N) is 1. The van der Waals surface area contributed by atoms with E-state index in [0.29, 0.717) is 18.3 Å². The summed E-state index contributed by atoms with van der Waals surface area (Å²) in [6.07, 6.45) is 3.83. The molecular formula is C8H10N2O3. The highest BCUT2D eigenvalue weighted by Crippen LogP contribution is 2.19. The van der Waals surface area contributed by atoms with Crippen LogP contribution in [0.4, 0.5) is 0 Å². The summed E-state index contributed by atoms with van der Waals surface area (Å²) >= 11 is 0. The number of aromatic carboxylic acids is 1. The molecule has 2 rings (SSSR count). The first-order valence-corrected chi connectivity index (χ1v) is 4.17. The van der Waals surface area contributed by atoms with Gasteiger partial charge in [0, 0.05) is 6.04 Å². The molecular weight excluding hydrogens is 172 g/mol. The highest BCUT2D eigenvalue weighted by molar-refractivity contribution is 5.81. The summed E-state index contributed by atoms with van der Waals surface area (Å²) in [5.74, 6) is -0.797. The molecule has 1 aromatic rings. The van der Waals surface area contributed by atoms with Crippen LogP contribution in [-0.4, -0.2) is 22.1 Å². The minimum absolute atomic E-state index is 0.243. The number of rotatable bonds is 4. The van der Waals surface area contributed by atoms with Gasteiger partial charge in [0.25, 0.3) is 0 Å². The third-order valence-corrected chi connectivity index (χ3v) is 1.88. The van der Waals surface area contributed by atoms with Gasteiger partial charge in [-0.25, -0.2) is 9.78 Å². The number of carbonyl (C=O) groups is 1. The van der Waals surface area contributed by atoms with Gasteiger partial charge in [-0.15, -0.1) is 0 Å². The molecule has 0 unspecified atom stereocenters. The minimum atomic E-state index is -1.13. The number of carboxylic acids is 1. The van der Waals surface area contributed by atoms with Crippen LogP contribution in [0.2, 0.25) is 0 Å². The molecule has 0 aromatic carbocycles. The SMILES string of the molecule is O=C(O)c1ncc(CNC2CC2)o1. The van der Waals surface area contributed by atoms with E-state index in [1.54, 1.807) is 0 Å². The third-order valence-electron chi connectivity index (χ3n) is 1.88. The number of oxazole rings is 1. The lowest BCUT2D eigenvalue weighted by molar-refractivity contribution is 0.0651. The molecule has 0 atom stereocenters. The first-order chi connectivity index (χ1) is 6.25. The Morgan fingerprint density at radius 3 is 3.08 bits per heavy atom. The second kappa shape index (κ2) is 3.18. The average Bonchev–Trinajstić information content (AvgIpc) is 2.79. The molecule has 1 heterocycles. The zero-order valence-corrected chi connectivity index (χ0v) is 6.99. The Kier molecular flexibility index (Phi) is 2.02. The van der Waals surface area contributed by atoms with Crippen molar-refractivity contribution >= 4 is 5.97 Å². The summed E-state index contributed by atoms with van der Waals surface area (Å²) in [4.78, 5) is 14.0. The summed E-state index contributed by atoms with van der Waals surface area (Å²) in [5.41, 5.74) is 0. The molecule has 1 fully saturated rings. The van der Waals surface area contributed by atoms with Gasteiger partial charge in [0.1, 0.15) is 5.76 Å². The molecule has 5 heteroatoms. The van der Waals surface area contributed by atoms with Crippen LogP contribution >= 0.6 is 0 Å². The van der Waals surface area contributed by atoms with Crippen molar-refractivity contribution in [2.24, 2.45) is 0 Å². The molecule has 1 aliphatic carbocycles. The molecule has 0 spiro atoms. The van der Waals surface area contributed by atoms with Crippen LogP contribution in [0.1, 0.15) is 29.3 Å². The van der Waals surface area contributed by atoms with Crippen molar-refractivity contribution in [2.45, 2.75) is 25.4 Å². The monoisotopic (exact) mass is 182 g/mol. The fourth-order valence-corrected chi connectivity index (χ4v) is 1.02. The first kappa shape index (κ1) is 8.25. The van der Waals surface area contributed by atoms with Crippen LogP contribution in [0.3, 0.4) is 0 Å². The van der Waals surface area contributed by atoms with Gasteiger partial charge in [0.2, 0.25) is 0 Å². The smallest absolute Gasteiger partial charge is 0.392 e. The predicted octanol–water partition coefficient (Wildman–Crippen LogP) is 0.625. The van der Waals surface area contributed by atoms with E-state index < -0.39 is 5.97 Å². The molecule has 0 bridgehead atoms. The minimum Gasteiger partial charge on any atom is -0.474 e. The van der Waals surface area contributed by atoms with Crippen molar-refractivity contribution in [3.63, 3.8) is 0 Å². The van der Waals surface area contributed by atoms with Crippen molar-refractivity contribution < 1.29 is 14.3 Å². The van der Waals surface area contributed by atoms with Gasteiger partial charge in [-0.05, 0) is 12.8 Å². The van der Waals surface area contributed by atoms with Crippen molar-refractivity contribution in [3.8, 4) is 0 Å². The maximum absolute atomic E-state index is 10.4. The van der Waals surface area contributed by atoms with Crippen molar-refractivity contribution in [1.82, 2.24) is 10.3 Å². The number of carboxylic acid groups (broad SMARTS) is 1. The number of nitrogens with one attached hydrogen (secondary N) is 1. The highest BCUT2D eigenvalue weighted by atomic mass is 16.4. The lowest BCUT2D eigenvalue weighted by atomic mass is 10.5. The zero-order valence-electron chi connectivity index (χ0n) is 6.99. The predicted molar refractivity (Wildman–Crippen MR) is 43.3 cm³/mol. The van der Waals surface area contributed by atoms with Gasteiger partial charge >= 0.3 is 11.9 Å². The molecule has 5 nitrogen and oxygen atoms in total. The largest absolute Gasteiger partial charge is 0.474 e. The Bertz CT molecular complexity index is 317. The van der Waals surface area contributed by atoms with E-state index in [-0.39, 0.29) is 5.89 Å². The van der Waals surface area contributed by atoms with Gasteiger partial charge in [-0.2, -0.15) is 0 Å². The summed E-state index contributed by atoms with van der Waals surface area (Å²) in [6.45, 7) is 0.560. The van der Waals surface area contributed by atoms with Crippen LogP contribution in [-0.2, 0) is 6.54 Å². The maximum Gasteiger partial charge on any atom is 0.392 e. The molecule has 1 aliphatic rings. The summed E-state index contributed by atoms with van der Waals surface area (Å²) in [5, 5.41) is 11.7. The first-order valence-electron chi connectivity index (χ1n) is 4.17. The summed E-state index contributed by atoms with van der Waals surface area (Å²) in [6, 6.07) is 0.582. The second-order valence-electron chi connectivity index (χ2n) is 3.09. The van der Waals surface area contributed by atoms with Crippen LogP contribution < -0.4 is 5.32 Å². The van der Waals surface area contributed by atoms with E-state index in [0.717, 1.165) is 0 Å². The number of hydrogen-bond acceptors (Lipinski definition) is 4. The number of aromatic nitrogens is 1. The average molecular weight is 182 g/mol. The number of hydrogen-bond donors (Lipinski definition) is 2. The lowest BCUT2D eigenvalue weighted by Crippen LogP contribution is -2.14. The lowest BCUT2D eigenvalue weighted by Gasteiger charge is -1.96. The van der Waals surface area contributed by atoms with E-state index >= 15 is 0 Å². The molecule has 70 valence electrons. The normalized spacial score (nSPS) is 16.0. The molecule has 0 amide bonds. The molecule has 2 N–H and O–H groups in total. The Morgan fingerprint density at radius 1 is 1.77 bits per heavy atom. The molecule has 0 aliphatic heterocycles. The van der Waals surface area contributed by atoms with Crippen LogP contribution in [0.25, 0.3) is 0 Å². The highest BCUT2D eigenvalue weighted by Gasteiger charge is 2.21. The molecule has 1 aromatic heterocycles. The van der Waals surface area contributed by atoms with Crippen LogP contribution in [0.15, 0.2) is 10.6 Å². The van der Waals surface area contributed by atoms with E-state index in [1.165, 1.54) is 19.0 Å². The third kappa shape index (κ3) is 2.06. The summed E-state index contributed by atoms with van der Waals surface area (Å²) < 4.78 is 4.95. The van der Waals surface area contributed by atoms with E-state index in [9.17, 15) is 4.79 Å². The fourth-order valence-electron chi connectivity index (χ4n) is 1.02. The fraction of sp³-hybridized carbons (Fsp3) is 0.500. The Balaban J connectivity index is 1.92. The van der Waals surface area contributed by atoms with Crippen molar-refractivity contribution in [2.75, 3.05) is 0 Å². The van der Waals surface area contributed by atoms with Gasteiger partial charge in [-0.3, -0.25) is 0 Å². The standard InChI is InChI=1S/C8H10N2O3/c11-8(12)7-10-4-6(13-7)3-9-5-1-2-5/h4-5,9H,1-3H2,(H,11,12).